The molecule has 0 aliphatic rings. The van der Waals surface area contributed by atoms with Crippen LogP contribution in [0, 0.1) is 0 Å². The normalized spacial score (nSPS) is 9.88. The first-order chi connectivity index (χ1) is 7.56. The van der Waals surface area contributed by atoms with E-state index in [0.717, 1.165) is 6.42 Å². The predicted octanol–water partition coefficient (Wildman–Crippen LogP) is 0.643. The summed E-state index contributed by atoms with van der Waals surface area (Å²) < 4.78 is 0. The van der Waals surface area contributed by atoms with Gasteiger partial charge in [0, 0.05) is 6.61 Å². The fourth-order valence-electron chi connectivity index (χ4n) is 1.08. The maximum Gasteiger partial charge on any atom is 0.275 e. The van der Waals surface area contributed by atoms with E-state index in [0.29, 0.717) is 6.61 Å². The number of unbranched alkanes of at least 4 members (excludes halogenated alkanes) is 4. The molecule has 1 rings (SSSR count). The van der Waals surface area contributed by atoms with Crippen LogP contribution in [0.15, 0.2) is 9.59 Å². The Morgan fingerprint density at radius 1 is 0.875 bits per heavy atom. The highest BCUT2D eigenvalue weighted by molar-refractivity contribution is 5.42. The molecule has 0 aliphatic heterocycles. The van der Waals surface area contributed by atoms with Crippen LogP contribution in [0.1, 0.15) is 39.0 Å². The van der Waals surface area contributed by atoms with Gasteiger partial charge >= 0.3 is 0 Å². The van der Waals surface area contributed by atoms with E-state index in [1.54, 1.807) is 0 Å². The number of aromatic hydroxyl groups is 2. The minimum atomic E-state index is -1.01. The second kappa shape index (κ2) is 7.87. The van der Waals surface area contributed by atoms with Crippen LogP contribution in [-0.4, -0.2) is 21.9 Å². The molecule has 0 fully saturated rings. The highest BCUT2D eigenvalue weighted by Gasteiger charge is 2.17. The van der Waals surface area contributed by atoms with Crippen molar-refractivity contribution in [2.24, 2.45) is 0 Å². The molecule has 92 valence electrons. The zero-order chi connectivity index (χ0) is 12.6. The zero-order valence-electron chi connectivity index (χ0n) is 9.40. The molecule has 0 amide bonds. The van der Waals surface area contributed by atoms with E-state index in [2.05, 4.69) is 6.92 Å². The minimum Gasteiger partial charge on any atom is -0.501 e. The highest BCUT2D eigenvalue weighted by Crippen LogP contribution is 2.13. The molecule has 1 aromatic rings. The van der Waals surface area contributed by atoms with E-state index in [4.69, 9.17) is 15.3 Å². The van der Waals surface area contributed by atoms with Gasteiger partial charge in [-0.1, -0.05) is 32.6 Å². The minimum absolute atomic E-state index is 0.365. The highest BCUT2D eigenvalue weighted by atomic mass is 16.3. The zero-order valence-corrected chi connectivity index (χ0v) is 9.40. The van der Waals surface area contributed by atoms with Gasteiger partial charge in [0.05, 0.1) is 0 Å². The van der Waals surface area contributed by atoms with Gasteiger partial charge in [-0.3, -0.25) is 9.59 Å². The van der Waals surface area contributed by atoms with Crippen LogP contribution in [0.4, 0.5) is 0 Å². The second-order valence-corrected chi connectivity index (χ2v) is 3.49. The number of hydrogen-bond donors (Lipinski definition) is 3. The van der Waals surface area contributed by atoms with Gasteiger partial charge < -0.3 is 15.3 Å². The van der Waals surface area contributed by atoms with Crippen molar-refractivity contribution in [3.63, 3.8) is 0 Å². The van der Waals surface area contributed by atoms with Gasteiger partial charge in [-0.2, -0.15) is 0 Å². The van der Waals surface area contributed by atoms with Gasteiger partial charge in [0.25, 0.3) is 10.9 Å². The Morgan fingerprint density at radius 3 is 1.62 bits per heavy atom. The molecule has 0 aliphatic carbocycles. The molecule has 0 bridgehead atoms. The molecule has 3 N–H and O–H groups in total. The molecule has 0 atom stereocenters. The van der Waals surface area contributed by atoms with Crippen LogP contribution in [0.3, 0.4) is 0 Å². The average molecular weight is 230 g/mol. The first-order valence-electron chi connectivity index (χ1n) is 5.38. The average Bonchev–Trinajstić information content (AvgIpc) is 2.33. The molecule has 0 saturated heterocycles. The van der Waals surface area contributed by atoms with Crippen molar-refractivity contribution < 1.29 is 15.3 Å². The fraction of sp³-hybridized carbons (Fsp3) is 0.636. The Labute approximate surface area is 93.7 Å². The Balaban J connectivity index is 0.000000281. The Bertz CT molecular complexity index is 327. The lowest BCUT2D eigenvalue weighted by Gasteiger charge is -1.93. The van der Waals surface area contributed by atoms with E-state index in [1.807, 2.05) is 0 Å². The molecule has 0 heterocycles. The summed E-state index contributed by atoms with van der Waals surface area (Å²) in [5.74, 6) is -1.65. The van der Waals surface area contributed by atoms with E-state index < -0.39 is 22.4 Å². The van der Waals surface area contributed by atoms with Crippen LogP contribution in [0.25, 0.3) is 0 Å². The quantitative estimate of drug-likeness (QED) is 0.509. The Kier molecular flexibility index (Phi) is 7.20. The summed E-state index contributed by atoms with van der Waals surface area (Å²) in [5, 5.41) is 24.8. The Morgan fingerprint density at radius 2 is 1.31 bits per heavy atom. The van der Waals surface area contributed by atoms with Crippen molar-refractivity contribution in [2.45, 2.75) is 39.0 Å². The van der Waals surface area contributed by atoms with Crippen LogP contribution in [-0.2, 0) is 0 Å². The summed E-state index contributed by atoms with van der Waals surface area (Å²) >= 11 is 0. The molecule has 0 spiro atoms. The summed E-state index contributed by atoms with van der Waals surface area (Å²) in [5.41, 5.74) is -2.02. The molecule has 0 radical (unpaired) electrons. The number of rotatable bonds is 5. The van der Waals surface area contributed by atoms with Gasteiger partial charge in [-0.05, 0) is 6.42 Å². The maximum absolute atomic E-state index is 9.95. The summed E-state index contributed by atoms with van der Waals surface area (Å²) in [7, 11) is 0. The third-order valence-corrected chi connectivity index (χ3v) is 2.12. The fourth-order valence-corrected chi connectivity index (χ4v) is 1.08. The summed E-state index contributed by atoms with van der Waals surface area (Å²) in [4.78, 5) is 19.9. The first-order valence-corrected chi connectivity index (χ1v) is 5.38. The second-order valence-electron chi connectivity index (χ2n) is 3.49. The lowest BCUT2D eigenvalue weighted by atomic mass is 10.2. The van der Waals surface area contributed by atoms with E-state index in [9.17, 15) is 9.59 Å². The SMILES string of the molecule is CCCCCCCO.O=c1c(O)c(O)c1=O. The smallest absolute Gasteiger partial charge is 0.275 e. The summed E-state index contributed by atoms with van der Waals surface area (Å²) in [6, 6.07) is 0. The molecule has 16 heavy (non-hydrogen) atoms. The van der Waals surface area contributed by atoms with Gasteiger partial charge in [-0.15, -0.1) is 0 Å². The standard InChI is InChI=1S/C7H16O.C4H2O4/c1-2-3-4-5-6-7-8;5-1-2(6)4(8)3(1)7/h8H,2-7H2,1H3;5-6H. The van der Waals surface area contributed by atoms with Gasteiger partial charge in [-0.25, -0.2) is 0 Å². The maximum atomic E-state index is 9.95. The molecular formula is C11H18O5. The molecule has 5 nitrogen and oxygen atoms in total. The molecule has 0 saturated carbocycles. The van der Waals surface area contributed by atoms with Crippen LogP contribution in [0.5, 0.6) is 11.5 Å². The molecule has 1 aromatic carbocycles. The molecular weight excluding hydrogens is 212 g/mol. The van der Waals surface area contributed by atoms with Crippen LogP contribution >= 0.6 is 0 Å². The third-order valence-electron chi connectivity index (χ3n) is 2.12. The number of aliphatic hydroxyl groups is 1. The van der Waals surface area contributed by atoms with Crippen molar-refractivity contribution in [1.82, 2.24) is 0 Å². The van der Waals surface area contributed by atoms with Crippen LogP contribution in [0.2, 0.25) is 0 Å². The monoisotopic (exact) mass is 230 g/mol. The summed E-state index contributed by atoms with van der Waals surface area (Å²) in [6.45, 7) is 2.56. The lowest BCUT2D eigenvalue weighted by molar-refractivity contribution is 0.282. The van der Waals surface area contributed by atoms with E-state index in [-0.39, 0.29) is 0 Å². The van der Waals surface area contributed by atoms with E-state index in [1.165, 1.54) is 25.7 Å². The van der Waals surface area contributed by atoms with Gasteiger partial charge in [0.15, 0.2) is 0 Å². The lowest BCUT2D eigenvalue weighted by Crippen LogP contribution is -2.28. The third kappa shape index (κ3) is 4.44. The van der Waals surface area contributed by atoms with Crippen molar-refractivity contribution in [2.75, 3.05) is 6.61 Å². The van der Waals surface area contributed by atoms with Crippen molar-refractivity contribution in [3.8, 4) is 11.5 Å². The van der Waals surface area contributed by atoms with Crippen molar-refractivity contribution in [3.05, 3.63) is 20.4 Å². The molecule has 5 heteroatoms. The van der Waals surface area contributed by atoms with E-state index >= 15 is 0 Å². The van der Waals surface area contributed by atoms with Crippen LogP contribution < -0.4 is 10.9 Å². The molecule has 0 unspecified atom stereocenters. The van der Waals surface area contributed by atoms with Gasteiger partial charge in [0.2, 0.25) is 11.5 Å². The Hall–Kier alpha value is -1.36. The number of hydrogen-bond acceptors (Lipinski definition) is 5. The van der Waals surface area contributed by atoms with Crippen molar-refractivity contribution >= 4 is 0 Å². The number of aliphatic hydroxyl groups excluding tert-OH is 1. The topological polar surface area (TPSA) is 94.8 Å². The largest absolute Gasteiger partial charge is 0.501 e. The molecule has 0 aromatic heterocycles. The first kappa shape index (κ1) is 14.6. The van der Waals surface area contributed by atoms with Crippen molar-refractivity contribution in [1.29, 1.82) is 0 Å². The predicted molar refractivity (Wildman–Crippen MR) is 60.5 cm³/mol. The van der Waals surface area contributed by atoms with Gasteiger partial charge in [0.1, 0.15) is 0 Å². The summed E-state index contributed by atoms with van der Waals surface area (Å²) in [6.07, 6.45) is 6.08.